The van der Waals surface area contributed by atoms with E-state index in [1.807, 2.05) is 36.4 Å². The molecule has 4 nitrogen and oxygen atoms in total. The lowest BCUT2D eigenvalue weighted by molar-refractivity contribution is 0.446. The molecule has 4 heteroatoms. The quantitative estimate of drug-likeness (QED) is 0.168. The van der Waals surface area contributed by atoms with Crippen LogP contribution in [0, 0.1) is 0 Å². The number of hydrogen-bond donors (Lipinski definition) is 0. The normalized spacial score (nSPS) is 12.2. The molecule has 60 heavy (non-hydrogen) atoms. The molecule has 0 atom stereocenters. The van der Waals surface area contributed by atoms with Crippen LogP contribution in [0.5, 0.6) is 23.0 Å². The summed E-state index contributed by atoms with van der Waals surface area (Å²) in [5, 5.41) is 4.95. The van der Waals surface area contributed by atoms with Gasteiger partial charge in [-0.05, 0) is 140 Å². The van der Waals surface area contributed by atoms with Gasteiger partial charge in [-0.1, -0.05) is 133 Å². The summed E-state index contributed by atoms with van der Waals surface area (Å²) in [5.74, 6) is 3.13. The molecule has 0 unspecified atom stereocenters. The van der Waals surface area contributed by atoms with E-state index in [9.17, 15) is 0 Å². The Balaban J connectivity index is 0.955. The maximum Gasteiger partial charge on any atom is 0.156 e. The van der Waals surface area contributed by atoms with Crippen molar-refractivity contribution in [1.82, 2.24) is 0 Å². The van der Waals surface area contributed by atoms with Gasteiger partial charge in [-0.25, -0.2) is 0 Å². The highest BCUT2D eigenvalue weighted by atomic mass is 16.5. The standard InChI is InChI=1S/C56H36N2O2/c1-3-12-41-32-44(22-20-37(41)10-1)39-24-28-47(29-25-39)57(48-30-26-40(27-31-48)45-23-21-38-11-2-4-13-42(38)33-45)49-15-9-14-43(34-49)46-35-54-56-55(36-46)60-53-19-8-6-17-51(53)58(56)50-16-5-7-18-52(50)59-54/h1-36H. The van der Waals surface area contributed by atoms with Crippen LogP contribution in [0.1, 0.15) is 0 Å². The Labute approximate surface area is 348 Å². The highest BCUT2D eigenvalue weighted by molar-refractivity contribution is 5.96. The van der Waals surface area contributed by atoms with Crippen molar-refractivity contribution in [2.24, 2.45) is 0 Å². The number of hydrogen-bond acceptors (Lipinski definition) is 4. The molecule has 0 bridgehead atoms. The van der Waals surface area contributed by atoms with Crippen LogP contribution in [0.2, 0.25) is 0 Å². The summed E-state index contributed by atoms with van der Waals surface area (Å²) >= 11 is 0. The fourth-order valence-corrected chi connectivity index (χ4v) is 8.80. The van der Waals surface area contributed by atoms with E-state index in [1.54, 1.807) is 0 Å². The Kier molecular flexibility index (Phi) is 7.82. The largest absolute Gasteiger partial charge is 0.453 e. The van der Waals surface area contributed by atoms with Gasteiger partial charge >= 0.3 is 0 Å². The van der Waals surface area contributed by atoms with Gasteiger partial charge in [0.05, 0.1) is 11.4 Å². The average molecular weight is 769 g/mol. The van der Waals surface area contributed by atoms with Gasteiger partial charge in [0.25, 0.3) is 0 Å². The molecular weight excluding hydrogens is 733 g/mol. The molecule has 0 fully saturated rings. The van der Waals surface area contributed by atoms with Crippen molar-refractivity contribution in [3.05, 3.63) is 218 Å². The first-order chi connectivity index (χ1) is 29.7. The van der Waals surface area contributed by atoms with Gasteiger partial charge in [0.15, 0.2) is 23.0 Å². The third kappa shape index (κ3) is 5.77. The molecule has 10 aromatic carbocycles. The highest BCUT2D eigenvalue weighted by Crippen LogP contribution is 2.60. The fourth-order valence-electron chi connectivity index (χ4n) is 8.80. The van der Waals surface area contributed by atoms with E-state index >= 15 is 0 Å². The van der Waals surface area contributed by atoms with Gasteiger partial charge in [0.2, 0.25) is 0 Å². The van der Waals surface area contributed by atoms with Crippen LogP contribution in [-0.4, -0.2) is 0 Å². The van der Waals surface area contributed by atoms with Crippen LogP contribution < -0.4 is 19.3 Å². The van der Waals surface area contributed by atoms with Crippen molar-refractivity contribution in [3.8, 4) is 56.4 Å². The second-order valence-electron chi connectivity index (χ2n) is 15.4. The van der Waals surface area contributed by atoms with Crippen LogP contribution in [0.25, 0.3) is 54.9 Å². The molecule has 0 saturated heterocycles. The topological polar surface area (TPSA) is 24.9 Å². The Morgan fingerprint density at radius 3 is 1.27 bits per heavy atom. The minimum atomic E-state index is 0.756. The molecule has 12 rings (SSSR count). The van der Waals surface area contributed by atoms with Crippen molar-refractivity contribution < 1.29 is 9.47 Å². The number of nitrogens with zero attached hydrogens (tertiary/aromatic N) is 2. The minimum absolute atomic E-state index is 0.756. The molecule has 0 spiro atoms. The maximum absolute atomic E-state index is 6.63. The van der Waals surface area contributed by atoms with Crippen molar-refractivity contribution in [3.63, 3.8) is 0 Å². The second kappa shape index (κ2) is 13.8. The maximum atomic E-state index is 6.63. The van der Waals surface area contributed by atoms with Gasteiger partial charge in [-0.2, -0.15) is 0 Å². The predicted octanol–water partition coefficient (Wildman–Crippen LogP) is 16.1. The lowest BCUT2D eigenvalue weighted by Gasteiger charge is -2.38. The number of para-hydroxylation sites is 4. The summed E-state index contributed by atoms with van der Waals surface area (Å²) in [6.07, 6.45) is 0. The third-order valence-corrected chi connectivity index (χ3v) is 11.8. The van der Waals surface area contributed by atoms with Crippen LogP contribution in [0.4, 0.5) is 34.1 Å². The van der Waals surface area contributed by atoms with Gasteiger partial charge < -0.3 is 14.4 Å². The number of rotatable bonds is 6. The zero-order valence-corrected chi connectivity index (χ0v) is 32.5. The van der Waals surface area contributed by atoms with Crippen molar-refractivity contribution in [2.75, 3.05) is 9.80 Å². The molecule has 0 N–H and O–H groups in total. The zero-order chi connectivity index (χ0) is 39.6. The first-order valence-electron chi connectivity index (χ1n) is 20.3. The molecule has 10 aromatic rings. The Morgan fingerprint density at radius 1 is 0.283 bits per heavy atom. The predicted molar refractivity (Wildman–Crippen MR) is 247 cm³/mol. The van der Waals surface area contributed by atoms with E-state index in [-0.39, 0.29) is 0 Å². The summed E-state index contributed by atoms with van der Waals surface area (Å²) in [7, 11) is 0. The summed E-state index contributed by atoms with van der Waals surface area (Å²) in [6, 6.07) is 77.6. The number of ether oxygens (including phenoxy) is 2. The van der Waals surface area contributed by atoms with Gasteiger partial charge in [0, 0.05) is 17.1 Å². The van der Waals surface area contributed by atoms with E-state index in [0.29, 0.717) is 0 Å². The molecule has 2 aliphatic heterocycles. The SMILES string of the molecule is c1cc(-c2cc3c4c(c2)Oc2ccccc2N4c2ccccc2O3)cc(N(c2ccc(-c3ccc4ccccc4c3)cc2)c2ccc(-c3ccc4ccccc4c3)cc2)c1. The second-order valence-corrected chi connectivity index (χ2v) is 15.4. The molecule has 282 valence electrons. The Hall–Kier alpha value is -8.08. The number of benzene rings is 10. The molecule has 0 radical (unpaired) electrons. The Bertz CT molecular complexity index is 3090. The highest BCUT2D eigenvalue weighted by Gasteiger charge is 2.35. The molecule has 0 aromatic heterocycles. The summed E-state index contributed by atoms with van der Waals surface area (Å²) in [4.78, 5) is 4.59. The Morgan fingerprint density at radius 2 is 0.733 bits per heavy atom. The summed E-state index contributed by atoms with van der Waals surface area (Å²) in [5.41, 5.74) is 12.8. The molecular formula is C56H36N2O2. The molecule has 0 amide bonds. The third-order valence-electron chi connectivity index (χ3n) is 11.8. The van der Waals surface area contributed by atoms with Gasteiger partial charge in [0.1, 0.15) is 5.69 Å². The average Bonchev–Trinajstić information content (AvgIpc) is 3.31. The van der Waals surface area contributed by atoms with Gasteiger partial charge in [-0.3, -0.25) is 4.90 Å². The lowest BCUT2D eigenvalue weighted by atomic mass is 9.99. The number of fused-ring (bicyclic) bond motifs is 6. The van der Waals surface area contributed by atoms with Crippen molar-refractivity contribution >= 4 is 55.7 Å². The van der Waals surface area contributed by atoms with E-state index < -0.39 is 0 Å². The van der Waals surface area contributed by atoms with E-state index in [0.717, 1.165) is 68.2 Å². The van der Waals surface area contributed by atoms with Crippen molar-refractivity contribution in [1.29, 1.82) is 0 Å². The van der Waals surface area contributed by atoms with Crippen molar-refractivity contribution in [2.45, 2.75) is 0 Å². The van der Waals surface area contributed by atoms with Gasteiger partial charge in [-0.15, -0.1) is 0 Å². The van der Waals surface area contributed by atoms with Crippen LogP contribution in [0.3, 0.4) is 0 Å². The minimum Gasteiger partial charge on any atom is -0.453 e. The van der Waals surface area contributed by atoms with Crippen LogP contribution in [0.15, 0.2) is 218 Å². The smallest absolute Gasteiger partial charge is 0.156 e. The summed E-state index contributed by atoms with van der Waals surface area (Å²) < 4.78 is 13.3. The zero-order valence-electron chi connectivity index (χ0n) is 32.5. The molecule has 0 aliphatic carbocycles. The summed E-state index contributed by atoms with van der Waals surface area (Å²) in [6.45, 7) is 0. The fraction of sp³-hybridized carbons (Fsp3) is 0. The molecule has 2 heterocycles. The first-order valence-corrected chi connectivity index (χ1v) is 20.3. The molecule has 0 saturated carbocycles. The van der Waals surface area contributed by atoms with Crippen LogP contribution in [-0.2, 0) is 0 Å². The van der Waals surface area contributed by atoms with E-state index in [2.05, 4.69) is 192 Å². The first kappa shape index (κ1) is 34.0. The number of anilines is 6. The van der Waals surface area contributed by atoms with Crippen LogP contribution >= 0.6 is 0 Å². The van der Waals surface area contributed by atoms with E-state index in [4.69, 9.17) is 9.47 Å². The lowest BCUT2D eigenvalue weighted by Crippen LogP contribution is -2.20. The monoisotopic (exact) mass is 768 g/mol. The van der Waals surface area contributed by atoms with E-state index in [1.165, 1.54) is 43.8 Å². The molecule has 2 aliphatic rings.